The molecule has 1 heterocycles. The average Bonchev–Trinajstić information content (AvgIpc) is 2.72. The largest absolute Gasteiger partial charge is 0.494 e. The number of ether oxygens (including phenoxy) is 1. The fourth-order valence-corrected chi connectivity index (χ4v) is 2.84. The van der Waals surface area contributed by atoms with Crippen molar-refractivity contribution in [2.24, 2.45) is 0 Å². The van der Waals surface area contributed by atoms with E-state index in [0.717, 1.165) is 16.9 Å². The van der Waals surface area contributed by atoms with Crippen molar-refractivity contribution in [1.82, 2.24) is 4.98 Å². The van der Waals surface area contributed by atoms with Crippen LogP contribution < -0.4 is 15.4 Å². The molecule has 2 aromatic carbocycles. The molecule has 148 valence electrons. The molecule has 0 saturated heterocycles. The lowest BCUT2D eigenvalue weighted by Gasteiger charge is -2.10. The Morgan fingerprint density at radius 3 is 2.38 bits per heavy atom. The predicted octanol–water partition coefficient (Wildman–Crippen LogP) is 4.60. The molecule has 29 heavy (non-hydrogen) atoms. The van der Waals surface area contributed by atoms with E-state index in [9.17, 15) is 9.59 Å². The molecule has 0 saturated carbocycles. The second kappa shape index (κ2) is 9.01. The van der Waals surface area contributed by atoms with Gasteiger partial charge in [-0.15, -0.1) is 0 Å². The number of hydrogen-bond acceptors (Lipinski definition) is 4. The number of hydrogen-bond donors (Lipinski definition) is 2. The van der Waals surface area contributed by atoms with Crippen LogP contribution in [-0.2, 0) is 0 Å². The average molecular weight is 389 g/mol. The van der Waals surface area contributed by atoms with Crippen molar-refractivity contribution in [3.8, 4) is 5.75 Å². The Balaban J connectivity index is 1.70. The molecule has 1 aromatic heterocycles. The topological polar surface area (TPSA) is 80.3 Å². The van der Waals surface area contributed by atoms with E-state index in [1.165, 1.54) is 12.3 Å². The van der Waals surface area contributed by atoms with Gasteiger partial charge >= 0.3 is 0 Å². The molecule has 6 nitrogen and oxygen atoms in total. The third kappa shape index (κ3) is 5.19. The molecule has 2 amide bonds. The Bertz CT molecular complexity index is 1030. The number of nitrogens with one attached hydrogen (secondary N) is 2. The first-order valence-corrected chi connectivity index (χ1v) is 9.35. The monoisotopic (exact) mass is 389 g/mol. The van der Waals surface area contributed by atoms with E-state index in [0.29, 0.717) is 23.5 Å². The molecule has 0 radical (unpaired) electrons. The summed E-state index contributed by atoms with van der Waals surface area (Å²) in [5, 5.41) is 5.65. The second-order valence-corrected chi connectivity index (χ2v) is 6.61. The summed E-state index contributed by atoms with van der Waals surface area (Å²) >= 11 is 0. The number of amides is 2. The van der Waals surface area contributed by atoms with Gasteiger partial charge in [0.25, 0.3) is 11.8 Å². The molecule has 3 rings (SSSR count). The molecule has 0 unspecified atom stereocenters. The fraction of sp³-hybridized carbons (Fsp3) is 0.174. The van der Waals surface area contributed by atoms with Crippen LogP contribution in [0.4, 0.5) is 11.4 Å². The summed E-state index contributed by atoms with van der Waals surface area (Å²) in [5.74, 6) is 0.0459. The van der Waals surface area contributed by atoms with Gasteiger partial charge in [-0.3, -0.25) is 14.6 Å². The van der Waals surface area contributed by atoms with Crippen molar-refractivity contribution < 1.29 is 14.3 Å². The van der Waals surface area contributed by atoms with Crippen molar-refractivity contribution in [2.75, 3.05) is 17.2 Å². The first-order chi connectivity index (χ1) is 14.0. The van der Waals surface area contributed by atoms with Gasteiger partial charge in [0.2, 0.25) is 0 Å². The summed E-state index contributed by atoms with van der Waals surface area (Å²) in [4.78, 5) is 29.2. The lowest BCUT2D eigenvalue weighted by Crippen LogP contribution is -2.17. The van der Waals surface area contributed by atoms with E-state index in [4.69, 9.17) is 4.74 Å². The standard InChI is InChI=1S/C23H23N3O3/c1-4-29-19-8-6-18(7-9-19)25-22(27)17-11-12-24-21(14-17)23(28)26-20-10-5-15(2)13-16(20)3/h5-14H,4H2,1-3H3,(H,25,27)(H,26,28). The van der Waals surface area contributed by atoms with Gasteiger partial charge in [0.1, 0.15) is 11.4 Å². The Morgan fingerprint density at radius 1 is 0.931 bits per heavy atom. The smallest absolute Gasteiger partial charge is 0.274 e. The Morgan fingerprint density at radius 2 is 1.69 bits per heavy atom. The van der Waals surface area contributed by atoms with Gasteiger partial charge in [0.05, 0.1) is 6.61 Å². The molecular formula is C23H23N3O3. The maximum absolute atomic E-state index is 12.6. The minimum absolute atomic E-state index is 0.171. The highest BCUT2D eigenvalue weighted by molar-refractivity contribution is 6.08. The predicted molar refractivity (Wildman–Crippen MR) is 114 cm³/mol. The molecule has 3 aromatic rings. The summed E-state index contributed by atoms with van der Waals surface area (Å²) in [7, 11) is 0. The molecule has 2 N–H and O–H groups in total. The summed E-state index contributed by atoms with van der Waals surface area (Å²) < 4.78 is 5.39. The number of pyridine rings is 1. The normalized spacial score (nSPS) is 10.3. The van der Waals surface area contributed by atoms with Gasteiger partial charge in [-0.25, -0.2) is 0 Å². The number of aromatic nitrogens is 1. The number of nitrogens with zero attached hydrogens (tertiary/aromatic N) is 1. The Kier molecular flexibility index (Phi) is 6.24. The highest BCUT2D eigenvalue weighted by Gasteiger charge is 2.13. The highest BCUT2D eigenvalue weighted by atomic mass is 16.5. The molecule has 0 bridgehead atoms. The number of rotatable bonds is 6. The van der Waals surface area contributed by atoms with Crippen LogP contribution in [0.1, 0.15) is 38.9 Å². The SMILES string of the molecule is CCOc1ccc(NC(=O)c2ccnc(C(=O)Nc3ccc(C)cc3C)c2)cc1. The van der Waals surface area contributed by atoms with Crippen LogP contribution in [0, 0.1) is 13.8 Å². The number of benzene rings is 2. The Labute approximate surface area is 169 Å². The van der Waals surface area contributed by atoms with Crippen molar-refractivity contribution in [3.05, 3.63) is 83.2 Å². The molecule has 0 aliphatic rings. The molecular weight excluding hydrogens is 366 g/mol. The summed E-state index contributed by atoms with van der Waals surface area (Å²) in [6, 6.07) is 15.9. The van der Waals surface area contributed by atoms with Crippen molar-refractivity contribution in [1.29, 1.82) is 0 Å². The second-order valence-electron chi connectivity index (χ2n) is 6.61. The molecule has 6 heteroatoms. The van der Waals surface area contributed by atoms with Crippen LogP contribution in [0.25, 0.3) is 0 Å². The van der Waals surface area contributed by atoms with Gasteiger partial charge < -0.3 is 15.4 Å². The van der Waals surface area contributed by atoms with E-state index >= 15 is 0 Å². The van der Waals surface area contributed by atoms with E-state index in [2.05, 4.69) is 15.6 Å². The van der Waals surface area contributed by atoms with Crippen LogP contribution in [0.3, 0.4) is 0 Å². The van der Waals surface area contributed by atoms with Crippen molar-refractivity contribution >= 4 is 23.2 Å². The number of carbonyl (C=O) groups is 2. The van der Waals surface area contributed by atoms with E-state index < -0.39 is 0 Å². The number of aryl methyl sites for hydroxylation is 2. The van der Waals surface area contributed by atoms with Crippen molar-refractivity contribution in [3.63, 3.8) is 0 Å². The van der Waals surface area contributed by atoms with Gasteiger partial charge in [0, 0.05) is 23.1 Å². The zero-order valence-electron chi connectivity index (χ0n) is 16.7. The zero-order chi connectivity index (χ0) is 20.8. The van der Waals surface area contributed by atoms with Crippen molar-refractivity contribution in [2.45, 2.75) is 20.8 Å². The van der Waals surface area contributed by atoms with E-state index in [-0.39, 0.29) is 17.5 Å². The maximum Gasteiger partial charge on any atom is 0.274 e. The molecule has 0 aliphatic heterocycles. The lowest BCUT2D eigenvalue weighted by atomic mass is 10.1. The third-order valence-electron chi connectivity index (χ3n) is 4.31. The number of carbonyl (C=O) groups excluding carboxylic acids is 2. The highest BCUT2D eigenvalue weighted by Crippen LogP contribution is 2.18. The summed E-state index contributed by atoms with van der Waals surface area (Å²) in [5.41, 5.74) is 3.95. The summed E-state index contributed by atoms with van der Waals surface area (Å²) in [6.07, 6.45) is 1.45. The van der Waals surface area contributed by atoms with Gasteiger partial charge in [-0.1, -0.05) is 17.7 Å². The van der Waals surface area contributed by atoms with Crippen LogP contribution in [0.5, 0.6) is 5.75 Å². The maximum atomic E-state index is 12.6. The zero-order valence-corrected chi connectivity index (χ0v) is 16.7. The van der Waals surface area contributed by atoms with Gasteiger partial charge in [-0.05, 0) is 68.8 Å². The van der Waals surface area contributed by atoms with Crippen LogP contribution in [-0.4, -0.2) is 23.4 Å². The molecule has 0 atom stereocenters. The third-order valence-corrected chi connectivity index (χ3v) is 4.31. The van der Waals surface area contributed by atoms with Crippen LogP contribution in [0.15, 0.2) is 60.8 Å². The van der Waals surface area contributed by atoms with Crippen LogP contribution in [0.2, 0.25) is 0 Å². The lowest BCUT2D eigenvalue weighted by molar-refractivity contribution is 0.102. The molecule has 0 spiro atoms. The molecule has 0 fully saturated rings. The molecule has 0 aliphatic carbocycles. The van der Waals surface area contributed by atoms with Gasteiger partial charge in [-0.2, -0.15) is 0 Å². The minimum Gasteiger partial charge on any atom is -0.494 e. The summed E-state index contributed by atoms with van der Waals surface area (Å²) in [6.45, 7) is 6.41. The quantitative estimate of drug-likeness (QED) is 0.646. The van der Waals surface area contributed by atoms with Gasteiger partial charge in [0.15, 0.2) is 0 Å². The minimum atomic E-state index is -0.368. The van der Waals surface area contributed by atoms with E-state index in [1.54, 1.807) is 30.3 Å². The first-order valence-electron chi connectivity index (χ1n) is 9.35. The van der Waals surface area contributed by atoms with Crippen LogP contribution >= 0.6 is 0 Å². The first kappa shape index (κ1) is 20.1. The number of anilines is 2. The van der Waals surface area contributed by atoms with E-state index in [1.807, 2.05) is 39.0 Å². The Hall–Kier alpha value is -3.67. The fourth-order valence-electron chi connectivity index (χ4n) is 2.84.